The third-order valence-electron chi connectivity index (χ3n) is 1.35. The van der Waals surface area contributed by atoms with E-state index >= 15 is 0 Å². The normalized spacial score (nSPS) is 24.3. The molecule has 64 valence electrons. The van der Waals surface area contributed by atoms with E-state index in [4.69, 9.17) is 5.11 Å². The molecule has 1 rings (SSSR count). The van der Waals surface area contributed by atoms with Crippen LogP contribution in [0, 0.1) is 0 Å². The van der Waals surface area contributed by atoms with Gasteiger partial charge in [0.25, 0.3) is 0 Å². The lowest BCUT2D eigenvalue weighted by Crippen LogP contribution is -2.49. The second kappa shape index (κ2) is 7.57. The first-order chi connectivity index (χ1) is 3.93. The van der Waals surface area contributed by atoms with E-state index in [-0.39, 0.29) is 37.5 Å². The molecular formula is C5H14Cl2N2O. The van der Waals surface area contributed by atoms with Crippen molar-refractivity contribution < 1.29 is 5.11 Å². The van der Waals surface area contributed by atoms with Crippen LogP contribution in [0.15, 0.2) is 0 Å². The van der Waals surface area contributed by atoms with Crippen molar-refractivity contribution in [2.45, 2.75) is 6.04 Å². The Morgan fingerprint density at radius 2 is 2.00 bits per heavy atom. The maximum Gasteiger partial charge on any atom is 0.0597 e. The number of piperazine rings is 1. The van der Waals surface area contributed by atoms with Gasteiger partial charge in [0.05, 0.1) is 6.61 Å². The summed E-state index contributed by atoms with van der Waals surface area (Å²) in [6.07, 6.45) is 0. The molecule has 0 aliphatic carbocycles. The lowest BCUT2D eigenvalue weighted by Gasteiger charge is -2.21. The fourth-order valence-electron chi connectivity index (χ4n) is 0.842. The molecule has 10 heavy (non-hydrogen) atoms. The van der Waals surface area contributed by atoms with Crippen LogP contribution in [0.5, 0.6) is 0 Å². The van der Waals surface area contributed by atoms with Crippen LogP contribution in [0.1, 0.15) is 0 Å². The standard InChI is InChI=1S/C5H12N2O.2ClH/c8-4-5-3-6-1-2-7-5;;/h5-8H,1-4H2;2*1H/t5-;;/m0../s1. The highest BCUT2D eigenvalue weighted by molar-refractivity contribution is 5.85. The number of aliphatic hydroxyl groups is 1. The number of nitrogens with one attached hydrogen (secondary N) is 2. The minimum absolute atomic E-state index is 0. The maximum absolute atomic E-state index is 8.59. The van der Waals surface area contributed by atoms with E-state index in [9.17, 15) is 0 Å². The van der Waals surface area contributed by atoms with E-state index in [1.807, 2.05) is 0 Å². The summed E-state index contributed by atoms with van der Waals surface area (Å²) in [5, 5.41) is 14.9. The summed E-state index contributed by atoms with van der Waals surface area (Å²) in [5.74, 6) is 0. The number of aliphatic hydroxyl groups excluding tert-OH is 1. The molecule has 1 fully saturated rings. The third kappa shape index (κ3) is 4.30. The Balaban J connectivity index is 0. The quantitative estimate of drug-likeness (QED) is 0.515. The van der Waals surface area contributed by atoms with Gasteiger partial charge in [-0.2, -0.15) is 0 Å². The fraction of sp³-hybridized carbons (Fsp3) is 1.00. The van der Waals surface area contributed by atoms with Gasteiger partial charge in [-0.1, -0.05) is 0 Å². The molecule has 0 unspecified atom stereocenters. The predicted molar refractivity (Wildman–Crippen MR) is 46.2 cm³/mol. The summed E-state index contributed by atoms with van der Waals surface area (Å²) < 4.78 is 0. The Morgan fingerprint density at radius 3 is 2.30 bits per heavy atom. The number of rotatable bonds is 1. The molecular weight excluding hydrogens is 175 g/mol. The molecule has 0 aromatic heterocycles. The van der Waals surface area contributed by atoms with Gasteiger partial charge in [-0.25, -0.2) is 0 Å². The highest BCUT2D eigenvalue weighted by Crippen LogP contribution is 1.82. The van der Waals surface area contributed by atoms with E-state index in [0.29, 0.717) is 0 Å². The van der Waals surface area contributed by atoms with Crippen molar-refractivity contribution in [3.05, 3.63) is 0 Å². The molecule has 3 nitrogen and oxygen atoms in total. The third-order valence-corrected chi connectivity index (χ3v) is 1.35. The predicted octanol–water partition coefficient (Wildman–Crippen LogP) is -0.616. The molecule has 1 saturated heterocycles. The second-order valence-corrected chi connectivity index (χ2v) is 2.04. The van der Waals surface area contributed by atoms with Crippen LogP contribution in [0.3, 0.4) is 0 Å². The molecule has 0 radical (unpaired) electrons. The molecule has 0 aromatic carbocycles. The molecule has 3 N–H and O–H groups in total. The first-order valence-corrected chi connectivity index (χ1v) is 2.98. The van der Waals surface area contributed by atoms with Crippen molar-refractivity contribution in [3.8, 4) is 0 Å². The summed E-state index contributed by atoms with van der Waals surface area (Å²) in [6.45, 7) is 3.14. The van der Waals surface area contributed by atoms with Crippen LogP contribution in [0.4, 0.5) is 0 Å². The van der Waals surface area contributed by atoms with Gasteiger partial charge in [0, 0.05) is 25.7 Å². The average molecular weight is 189 g/mol. The minimum Gasteiger partial charge on any atom is -0.395 e. The smallest absolute Gasteiger partial charge is 0.0597 e. The van der Waals surface area contributed by atoms with Crippen LogP contribution in [-0.2, 0) is 0 Å². The average Bonchev–Trinajstić information content (AvgIpc) is 1.90. The number of hydrogen-bond donors (Lipinski definition) is 3. The van der Waals surface area contributed by atoms with E-state index < -0.39 is 0 Å². The van der Waals surface area contributed by atoms with Crippen molar-refractivity contribution in [1.29, 1.82) is 0 Å². The van der Waals surface area contributed by atoms with Crippen molar-refractivity contribution >= 4 is 24.8 Å². The Bertz CT molecular complexity index is 68.7. The molecule has 0 saturated carbocycles. The monoisotopic (exact) mass is 188 g/mol. The van der Waals surface area contributed by atoms with Gasteiger partial charge in [-0.3, -0.25) is 0 Å². The van der Waals surface area contributed by atoms with Crippen LogP contribution in [0.25, 0.3) is 0 Å². The highest BCUT2D eigenvalue weighted by atomic mass is 35.5. The lowest BCUT2D eigenvalue weighted by atomic mass is 10.2. The van der Waals surface area contributed by atoms with Gasteiger partial charge in [0.2, 0.25) is 0 Å². The van der Waals surface area contributed by atoms with Gasteiger partial charge in [-0.15, -0.1) is 24.8 Å². The SMILES string of the molecule is Cl.Cl.OC[C@@H]1CNCCN1. The molecule has 1 atom stereocenters. The number of halogens is 2. The molecule has 0 spiro atoms. The van der Waals surface area contributed by atoms with E-state index in [2.05, 4.69) is 10.6 Å². The molecule has 0 bridgehead atoms. The summed E-state index contributed by atoms with van der Waals surface area (Å²) in [7, 11) is 0. The molecule has 5 heteroatoms. The van der Waals surface area contributed by atoms with Crippen LogP contribution >= 0.6 is 24.8 Å². The summed E-state index contributed by atoms with van der Waals surface area (Å²) in [4.78, 5) is 0. The van der Waals surface area contributed by atoms with Gasteiger partial charge in [-0.05, 0) is 0 Å². The maximum atomic E-state index is 8.59. The molecule has 0 amide bonds. The zero-order valence-corrected chi connectivity index (χ0v) is 7.30. The molecule has 1 heterocycles. The Kier molecular flexibility index (Phi) is 9.90. The number of hydrogen-bond acceptors (Lipinski definition) is 3. The minimum atomic E-state index is 0. The lowest BCUT2D eigenvalue weighted by molar-refractivity contribution is 0.227. The fourth-order valence-corrected chi connectivity index (χ4v) is 0.842. The summed E-state index contributed by atoms with van der Waals surface area (Å²) in [5.41, 5.74) is 0. The topological polar surface area (TPSA) is 44.3 Å². The second-order valence-electron chi connectivity index (χ2n) is 2.04. The van der Waals surface area contributed by atoms with Crippen LogP contribution < -0.4 is 10.6 Å². The Morgan fingerprint density at radius 1 is 1.30 bits per heavy atom. The molecule has 1 aliphatic rings. The van der Waals surface area contributed by atoms with Crippen molar-refractivity contribution in [3.63, 3.8) is 0 Å². The van der Waals surface area contributed by atoms with Gasteiger partial charge in [0.1, 0.15) is 0 Å². The van der Waals surface area contributed by atoms with E-state index in [1.165, 1.54) is 0 Å². The summed E-state index contributed by atoms with van der Waals surface area (Å²) >= 11 is 0. The summed E-state index contributed by atoms with van der Waals surface area (Å²) in [6, 6.07) is 0.281. The van der Waals surface area contributed by atoms with Crippen molar-refractivity contribution in [2.75, 3.05) is 26.2 Å². The van der Waals surface area contributed by atoms with Crippen molar-refractivity contribution in [2.24, 2.45) is 0 Å². The van der Waals surface area contributed by atoms with E-state index in [0.717, 1.165) is 19.6 Å². The van der Waals surface area contributed by atoms with Crippen molar-refractivity contribution in [1.82, 2.24) is 10.6 Å². The van der Waals surface area contributed by atoms with Crippen LogP contribution in [-0.4, -0.2) is 37.4 Å². The zero-order valence-electron chi connectivity index (χ0n) is 5.67. The first kappa shape index (κ1) is 13.1. The highest BCUT2D eigenvalue weighted by Gasteiger charge is 2.08. The molecule has 0 aromatic rings. The largest absolute Gasteiger partial charge is 0.395 e. The zero-order chi connectivity index (χ0) is 5.82. The van der Waals surface area contributed by atoms with Gasteiger partial charge in [0.15, 0.2) is 0 Å². The molecule has 1 aliphatic heterocycles. The van der Waals surface area contributed by atoms with E-state index in [1.54, 1.807) is 0 Å². The Hall–Kier alpha value is 0.460. The first-order valence-electron chi connectivity index (χ1n) is 2.98. The Labute approximate surface area is 73.4 Å². The van der Waals surface area contributed by atoms with Crippen LogP contribution in [0.2, 0.25) is 0 Å². The van der Waals surface area contributed by atoms with Gasteiger partial charge >= 0.3 is 0 Å². The van der Waals surface area contributed by atoms with Gasteiger partial charge < -0.3 is 15.7 Å².